The van der Waals surface area contributed by atoms with E-state index in [0.717, 1.165) is 11.1 Å². The van der Waals surface area contributed by atoms with Crippen LogP contribution in [0.15, 0.2) is 41.1 Å². The number of hydrogen-bond donors (Lipinski definition) is 0. The number of hydrogen-bond acceptors (Lipinski definition) is 3. The molecule has 0 aliphatic carbocycles. The lowest BCUT2D eigenvalue weighted by atomic mass is 10.1. The Morgan fingerprint density at radius 1 is 1.29 bits per heavy atom. The molecule has 1 aromatic heterocycles. The number of benzene rings is 1. The van der Waals surface area contributed by atoms with E-state index in [1.165, 1.54) is 13.2 Å². The van der Waals surface area contributed by atoms with Crippen molar-refractivity contribution in [2.45, 2.75) is 6.92 Å². The quantitative estimate of drug-likeness (QED) is 0.678. The Bertz CT molecular complexity index is 445. The van der Waals surface area contributed by atoms with Crippen molar-refractivity contribution in [1.29, 1.82) is 0 Å². The number of nitrogens with zero attached hydrogens (tertiary/aromatic N) is 1. The van der Waals surface area contributed by atoms with Gasteiger partial charge in [0.05, 0.1) is 5.56 Å². The van der Waals surface area contributed by atoms with Crippen LogP contribution in [0.4, 0.5) is 0 Å². The highest BCUT2D eigenvalue weighted by Crippen LogP contribution is 2.22. The van der Waals surface area contributed by atoms with E-state index in [1.807, 2.05) is 30.3 Å². The molecule has 70 valence electrons. The number of Topliss-reactive ketones (excluding diaryl/α,β-unsaturated/α-hetero) is 1. The lowest BCUT2D eigenvalue weighted by Crippen LogP contribution is -1.94. The van der Waals surface area contributed by atoms with Crippen molar-refractivity contribution in [3.05, 3.63) is 42.3 Å². The fraction of sp³-hybridized carbons (Fsp3) is 0.0909. The molecule has 2 rings (SSSR count). The largest absolute Gasteiger partial charge is 0.363 e. The summed E-state index contributed by atoms with van der Waals surface area (Å²) in [5.74, 6) is -0.0856. The van der Waals surface area contributed by atoms with Crippen LogP contribution in [-0.2, 0) is 0 Å². The summed E-state index contributed by atoms with van der Waals surface area (Å²) >= 11 is 0. The highest BCUT2D eigenvalue weighted by Gasteiger charge is 2.12. The topological polar surface area (TPSA) is 43.1 Å². The molecule has 0 radical (unpaired) electrons. The fourth-order valence-corrected chi connectivity index (χ4v) is 1.31. The van der Waals surface area contributed by atoms with Gasteiger partial charge in [0.2, 0.25) is 0 Å². The van der Waals surface area contributed by atoms with Gasteiger partial charge in [0, 0.05) is 6.92 Å². The molecule has 0 aliphatic heterocycles. The molecule has 0 amide bonds. The zero-order valence-corrected chi connectivity index (χ0v) is 7.73. The summed E-state index contributed by atoms with van der Waals surface area (Å²) in [6.45, 7) is 1.48. The Kier molecular flexibility index (Phi) is 2.14. The highest BCUT2D eigenvalue weighted by molar-refractivity contribution is 5.98. The summed E-state index contributed by atoms with van der Waals surface area (Å²) in [4.78, 5) is 11.2. The molecule has 0 atom stereocenters. The van der Waals surface area contributed by atoms with Gasteiger partial charge in [0.15, 0.2) is 11.5 Å². The molecule has 0 saturated carbocycles. The van der Waals surface area contributed by atoms with E-state index in [-0.39, 0.29) is 5.78 Å². The van der Waals surface area contributed by atoms with E-state index in [4.69, 9.17) is 4.52 Å². The number of ketones is 1. The van der Waals surface area contributed by atoms with Crippen molar-refractivity contribution in [3.8, 4) is 11.1 Å². The zero-order valence-electron chi connectivity index (χ0n) is 7.73. The smallest absolute Gasteiger partial charge is 0.182 e. The fourth-order valence-electron chi connectivity index (χ4n) is 1.31. The second kappa shape index (κ2) is 3.46. The predicted molar refractivity (Wildman–Crippen MR) is 51.9 cm³/mol. The first-order valence-electron chi connectivity index (χ1n) is 4.30. The molecule has 0 aliphatic rings. The van der Waals surface area contributed by atoms with Crippen LogP contribution in [-0.4, -0.2) is 10.9 Å². The lowest BCUT2D eigenvalue weighted by molar-refractivity contribution is 0.101. The van der Waals surface area contributed by atoms with Crippen LogP contribution in [0.3, 0.4) is 0 Å². The molecule has 0 unspecified atom stereocenters. The Labute approximate surface area is 81.3 Å². The molecule has 0 spiro atoms. The first kappa shape index (κ1) is 8.69. The summed E-state index contributed by atoms with van der Waals surface area (Å²) < 4.78 is 4.79. The zero-order chi connectivity index (χ0) is 9.97. The van der Waals surface area contributed by atoms with Crippen LogP contribution in [0, 0.1) is 0 Å². The third kappa shape index (κ3) is 1.44. The molecular weight excluding hydrogens is 178 g/mol. The summed E-state index contributed by atoms with van der Waals surface area (Å²) in [5, 5.41) is 3.67. The molecule has 0 saturated heterocycles. The number of carbonyl (C=O) groups is 1. The minimum Gasteiger partial charge on any atom is -0.363 e. The van der Waals surface area contributed by atoms with Crippen LogP contribution in [0.5, 0.6) is 0 Å². The van der Waals surface area contributed by atoms with Crippen molar-refractivity contribution < 1.29 is 9.32 Å². The molecule has 0 fully saturated rings. The monoisotopic (exact) mass is 187 g/mol. The third-order valence-electron chi connectivity index (χ3n) is 1.99. The summed E-state index contributed by atoms with van der Waals surface area (Å²) in [5.41, 5.74) is 2.08. The maximum absolute atomic E-state index is 11.2. The maximum atomic E-state index is 11.2. The van der Waals surface area contributed by atoms with Crippen LogP contribution in [0.25, 0.3) is 11.1 Å². The van der Waals surface area contributed by atoms with Gasteiger partial charge in [-0.1, -0.05) is 35.5 Å². The van der Waals surface area contributed by atoms with Crippen LogP contribution < -0.4 is 0 Å². The lowest BCUT2D eigenvalue weighted by Gasteiger charge is -1.96. The summed E-state index contributed by atoms with van der Waals surface area (Å²) in [6.07, 6.45) is 1.49. The van der Waals surface area contributed by atoms with Crippen LogP contribution >= 0.6 is 0 Å². The molecule has 14 heavy (non-hydrogen) atoms. The molecule has 2 aromatic rings. The molecule has 1 aromatic carbocycles. The number of rotatable bonds is 2. The number of carbonyl (C=O) groups excluding carboxylic acids is 1. The van der Waals surface area contributed by atoms with Gasteiger partial charge >= 0.3 is 0 Å². The van der Waals surface area contributed by atoms with Gasteiger partial charge in [-0.25, -0.2) is 0 Å². The minimum atomic E-state index is -0.0856. The van der Waals surface area contributed by atoms with Gasteiger partial charge in [0.25, 0.3) is 0 Å². The van der Waals surface area contributed by atoms with Gasteiger partial charge < -0.3 is 4.52 Å². The van der Waals surface area contributed by atoms with Gasteiger partial charge in [-0.05, 0) is 5.56 Å². The van der Waals surface area contributed by atoms with Crippen LogP contribution in [0.1, 0.15) is 17.4 Å². The van der Waals surface area contributed by atoms with E-state index in [1.54, 1.807) is 0 Å². The maximum Gasteiger partial charge on any atom is 0.182 e. The average Bonchev–Trinajstić information content (AvgIpc) is 2.67. The predicted octanol–water partition coefficient (Wildman–Crippen LogP) is 2.54. The Morgan fingerprint density at radius 3 is 2.64 bits per heavy atom. The molecule has 0 N–H and O–H groups in total. The second-order valence-corrected chi connectivity index (χ2v) is 3.00. The van der Waals surface area contributed by atoms with Gasteiger partial charge in [0.1, 0.15) is 6.26 Å². The van der Waals surface area contributed by atoms with Gasteiger partial charge in [-0.2, -0.15) is 0 Å². The first-order valence-corrected chi connectivity index (χ1v) is 4.30. The van der Waals surface area contributed by atoms with Crippen molar-refractivity contribution >= 4 is 5.78 Å². The molecule has 3 heteroatoms. The molecular formula is C11H9NO2. The standard InChI is InChI=1S/C11H9NO2/c1-8(13)11-10(7-14-12-11)9-5-3-2-4-6-9/h2-7H,1H3. The van der Waals surface area contributed by atoms with Crippen molar-refractivity contribution in [1.82, 2.24) is 5.16 Å². The normalized spacial score (nSPS) is 10.1. The van der Waals surface area contributed by atoms with Gasteiger partial charge in [-0.3, -0.25) is 4.79 Å². The van der Waals surface area contributed by atoms with Crippen molar-refractivity contribution in [2.75, 3.05) is 0 Å². The highest BCUT2D eigenvalue weighted by atomic mass is 16.5. The average molecular weight is 187 g/mol. The van der Waals surface area contributed by atoms with E-state index in [2.05, 4.69) is 5.16 Å². The van der Waals surface area contributed by atoms with E-state index >= 15 is 0 Å². The van der Waals surface area contributed by atoms with E-state index < -0.39 is 0 Å². The molecule has 0 bridgehead atoms. The summed E-state index contributed by atoms with van der Waals surface area (Å²) in [7, 11) is 0. The van der Waals surface area contributed by atoms with Crippen molar-refractivity contribution in [2.24, 2.45) is 0 Å². The Morgan fingerprint density at radius 2 is 2.00 bits per heavy atom. The molecule has 3 nitrogen and oxygen atoms in total. The number of aromatic nitrogens is 1. The van der Waals surface area contributed by atoms with Gasteiger partial charge in [-0.15, -0.1) is 0 Å². The first-order chi connectivity index (χ1) is 6.79. The summed E-state index contributed by atoms with van der Waals surface area (Å²) in [6, 6.07) is 9.57. The Balaban J connectivity index is 2.52. The van der Waals surface area contributed by atoms with Crippen molar-refractivity contribution in [3.63, 3.8) is 0 Å². The minimum absolute atomic E-state index is 0.0856. The Hall–Kier alpha value is -1.90. The molecule has 1 heterocycles. The van der Waals surface area contributed by atoms with E-state index in [0.29, 0.717) is 5.69 Å². The third-order valence-corrected chi connectivity index (χ3v) is 1.99. The SMILES string of the molecule is CC(=O)c1nocc1-c1ccccc1. The van der Waals surface area contributed by atoms with Crippen LogP contribution in [0.2, 0.25) is 0 Å². The second-order valence-electron chi connectivity index (χ2n) is 3.00. The van der Waals surface area contributed by atoms with E-state index in [9.17, 15) is 4.79 Å².